The van der Waals surface area contributed by atoms with Gasteiger partial charge in [-0.15, -0.1) is 0 Å². The number of benzene rings is 1. The summed E-state index contributed by atoms with van der Waals surface area (Å²) in [4.78, 5) is 11.0. The smallest absolute Gasteiger partial charge is 0.221 e. The third-order valence-corrected chi connectivity index (χ3v) is 3.10. The first-order valence-electron chi connectivity index (χ1n) is 6.74. The minimum absolute atomic E-state index is 0.0608. The summed E-state index contributed by atoms with van der Waals surface area (Å²) in [6.07, 6.45) is 0.811. The van der Waals surface area contributed by atoms with Crippen molar-refractivity contribution in [2.45, 2.75) is 33.2 Å². The highest BCUT2D eigenvalue weighted by molar-refractivity contribution is 5.88. The maximum atomic E-state index is 11.0. The molecule has 2 atom stereocenters. The Kier molecular flexibility index (Phi) is 6.53. The first-order chi connectivity index (χ1) is 9.02. The van der Waals surface area contributed by atoms with Gasteiger partial charge in [-0.25, -0.2) is 0 Å². The second-order valence-corrected chi connectivity index (χ2v) is 5.05. The lowest BCUT2D eigenvalue weighted by Crippen LogP contribution is -2.25. The normalized spacial score (nSPS) is 13.9. The monoisotopic (exact) mass is 264 g/mol. The summed E-state index contributed by atoms with van der Waals surface area (Å²) in [5.41, 5.74) is 1.96. The average molecular weight is 264 g/mol. The molecule has 0 bridgehead atoms. The van der Waals surface area contributed by atoms with Crippen LogP contribution in [0, 0.1) is 5.92 Å². The van der Waals surface area contributed by atoms with E-state index in [1.54, 1.807) is 0 Å². The van der Waals surface area contributed by atoms with Gasteiger partial charge in [-0.05, 0) is 43.5 Å². The van der Waals surface area contributed by atoms with E-state index in [4.69, 9.17) is 5.11 Å². The fourth-order valence-corrected chi connectivity index (χ4v) is 1.91. The molecule has 0 aliphatic carbocycles. The van der Waals surface area contributed by atoms with Crippen molar-refractivity contribution in [2.24, 2.45) is 5.92 Å². The molecule has 0 aromatic heterocycles. The van der Waals surface area contributed by atoms with E-state index in [0.717, 1.165) is 24.2 Å². The Morgan fingerprint density at radius 2 is 2.11 bits per heavy atom. The van der Waals surface area contributed by atoms with E-state index >= 15 is 0 Å². The Labute approximate surface area is 115 Å². The highest BCUT2D eigenvalue weighted by Crippen LogP contribution is 2.17. The van der Waals surface area contributed by atoms with E-state index in [0.29, 0.717) is 5.92 Å². The quantitative estimate of drug-likeness (QED) is 0.708. The molecule has 2 unspecified atom stereocenters. The van der Waals surface area contributed by atoms with Crippen molar-refractivity contribution in [3.05, 3.63) is 29.8 Å². The van der Waals surface area contributed by atoms with Crippen LogP contribution < -0.4 is 10.6 Å². The van der Waals surface area contributed by atoms with Gasteiger partial charge >= 0.3 is 0 Å². The van der Waals surface area contributed by atoms with E-state index in [1.807, 2.05) is 24.3 Å². The van der Waals surface area contributed by atoms with Crippen molar-refractivity contribution in [2.75, 3.05) is 18.5 Å². The zero-order valence-electron chi connectivity index (χ0n) is 11.9. The zero-order valence-corrected chi connectivity index (χ0v) is 11.9. The fourth-order valence-electron chi connectivity index (χ4n) is 1.91. The lowest BCUT2D eigenvalue weighted by atomic mass is 10.1. The second kappa shape index (κ2) is 7.92. The van der Waals surface area contributed by atoms with Crippen molar-refractivity contribution in [3.63, 3.8) is 0 Å². The Balaban J connectivity index is 2.56. The Bertz CT molecular complexity index is 407. The second-order valence-electron chi connectivity index (χ2n) is 5.05. The van der Waals surface area contributed by atoms with Crippen LogP contribution in [0.2, 0.25) is 0 Å². The van der Waals surface area contributed by atoms with E-state index in [-0.39, 0.29) is 18.6 Å². The van der Waals surface area contributed by atoms with E-state index < -0.39 is 0 Å². The van der Waals surface area contributed by atoms with Gasteiger partial charge in [0.15, 0.2) is 0 Å². The first-order valence-corrected chi connectivity index (χ1v) is 6.74. The standard InChI is InChI=1S/C15H24N2O2/c1-11(7-8-18)10-16-12(2)14-5-4-6-15(9-14)17-13(3)19/h4-6,9,11-12,16,18H,7-8,10H2,1-3H3,(H,17,19). The van der Waals surface area contributed by atoms with Gasteiger partial charge < -0.3 is 15.7 Å². The molecular formula is C15H24N2O2. The number of aliphatic hydroxyl groups excluding tert-OH is 1. The largest absolute Gasteiger partial charge is 0.396 e. The summed E-state index contributed by atoms with van der Waals surface area (Å²) >= 11 is 0. The lowest BCUT2D eigenvalue weighted by Gasteiger charge is -2.18. The molecule has 4 nitrogen and oxygen atoms in total. The number of carbonyl (C=O) groups excluding carboxylic acids is 1. The van der Waals surface area contributed by atoms with Crippen molar-refractivity contribution >= 4 is 11.6 Å². The van der Waals surface area contributed by atoms with Gasteiger partial charge in [0.05, 0.1) is 0 Å². The first kappa shape index (κ1) is 15.7. The molecule has 0 spiro atoms. The van der Waals surface area contributed by atoms with Crippen molar-refractivity contribution < 1.29 is 9.90 Å². The van der Waals surface area contributed by atoms with Crippen LogP contribution in [0.4, 0.5) is 5.69 Å². The number of rotatable bonds is 7. The molecule has 1 amide bonds. The van der Waals surface area contributed by atoms with Gasteiger partial charge in [0.2, 0.25) is 5.91 Å². The lowest BCUT2D eigenvalue weighted by molar-refractivity contribution is -0.114. The Morgan fingerprint density at radius 3 is 2.74 bits per heavy atom. The maximum absolute atomic E-state index is 11.0. The number of anilines is 1. The van der Waals surface area contributed by atoms with Gasteiger partial charge in [-0.3, -0.25) is 4.79 Å². The molecule has 0 fully saturated rings. The number of aliphatic hydroxyl groups is 1. The molecule has 0 aliphatic rings. The fraction of sp³-hybridized carbons (Fsp3) is 0.533. The number of amides is 1. The SMILES string of the molecule is CC(=O)Nc1cccc(C(C)NCC(C)CCO)c1. The molecule has 1 aromatic rings. The van der Waals surface area contributed by atoms with E-state index in [2.05, 4.69) is 24.5 Å². The highest BCUT2D eigenvalue weighted by atomic mass is 16.3. The molecule has 0 radical (unpaired) electrons. The van der Waals surface area contributed by atoms with Gasteiger partial charge in [-0.1, -0.05) is 19.1 Å². The van der Waals surface area contributed by atoms with Crippen LogP contribution in [0.1, 0.15) is 38.8 Å². The van der Waals surface area contributed by atoms with Crippen molar-refractivity contribution in [1.82, 2.24) is 5.32 Å². The van der Waals surface area contributed by atoms with Crippen molar-refractivity contribution in [3.8, 4) is 0 Å². The van der Waals surface area contributed by atoms with Crippen LogP contribution in [0.3, 0.4) is 0 Å². The highest BCUT2D eigenvalue weighted by Gasteiger charge is 2.08. The topological polar surface area (TPSA) is 61.4 Å². The van der Waals surface area contributed by atoms with Crippen LogP contribution in [0.25, 0.3) is 0 Å². The number of hydrogen-bond acceptors (Lipinski definition) is 3. The molecule has 0 saturated carbocycles. The van der Waals surface area contributed by atoms with Gasteiger partial charge in [0.25, 0.3) is 0 Å². The third kappa shape index (κ3) is 5.85. The Hall–Kier alpha value is -1.39. The minimum Gasteiger partial charge on any atom is -0.396 e. The summed E-state index contributed by atoms with van der Waals surface area (Å²) in [5, 5.41) is 15.1. The van der Waals surface area contributed by atoms with Crippen LogP contribution in [0.5, 0.6) is 0 Å². The zero-order chi connectivity index (χ0) is 14.3. The molecule has 3 N–H and O–H groups in total. The summed E-state index contributed by atoms with van der Waals surface area (Å²) in [6, 6.07) is 8.06. The molecule has 0 aliphatic heterocycles. The Morgan fingerprint density at radius 1 is 1.37 bits per heavy atom. The molecular weight excluding hydrogens is 240 g/mol. The third-order valence-electron chi connectivity index (χ3n) is 3.10. The predicted molar refractivity (Wildman–Crippen MR) is 78.0 cm³/mol. The van der Waals surface area contributed by atoms with Crippen LogP contribution in [-0.4, -0.2) is 24.2 Å². The number of carbonyl (C=O) groups is 1. The van der Waals surface area contributed by atoms with E-state index in [1.165, 1.54) is 6.92 Å². The summed E-state index contributed by atoms with van der Waals surface area (Å²) in [6.45, 7) is 6.81. The molecule has 106 valence electrons. The van der Waals surface area contributed by atoms with Crippen LogP contribution in [-0.2, 0) is 4.79 Å². The molecule has 1 aromatic carbocycles. The van der Waals surface area contributed by atoms with Gasteiger partial charge in [0, 0.05) is 25.3 Å². The van der Waals surface area contributed by atoms with E-state index in [9.17, 15) is 4.79 Å². The minimum atomic E-state index is -0.0608. The molecule has 1 rings (SSSR count). The molecule has 0 saturated heterocycles. The van der Waals surface area contributed by atoms with Crippen LogP contribution in [0.15, 0.2) is 24.3 Å². The number of nitrogens with one attached hydrogen (secondary N) is 2. The molecule has 0 heterocycles. The van der Waals surface area contributed by atoms with Crippen LogP contribution >= 0.6 is 0 Å². The molecule has 4 heteroatoms. The summed E-state index contributed by atoms with van der Waals surface area (Å²) in [5.74, 6) is 0.389. The maximum Gasteiger partial charge on any atom is 0.221 e. The van der Waals surface area contributed by atoms with Gasteiger partial charge in [0.1, 0.15) is 0 Å². The van der Waals surface area contributed by atoms with Crippen molar-refractivity contribution in [1.29, 1.82) is 0 Å². The number of hydrogen-bond donors (Lipinski definition) is 3. The molecule has 19 heavy (non-hydrogen) atoms. The summed E-state index contributed by atoms with van der Waals surface area (Å²) < 4.78 is 0. The predicted octanol–water partition coefficient (Wildman–Crippen LogP) is 2.31. The summed E-state index contributed by atoms with van der Waals surface area (Å²) in [7, 11) is 0. The average Bonchev–Trinajstić information content (AvgIpc) is 2.36. The van der Waals surface area contributed by atoms with Gasteiger partial charge in [-0.2, -0.15) is 0 Å².